The van der Waals surface area contributed by atoms with E-state index in [9.17, 15) is 0 Å². The second-order valence-corrected chi connectivity index (χ2v) is 2.39. The number of hydrazine groups is 1. The van der Waals surface area contributed by atoms with Crippen LogP contribution in [0.1, 0.15) is 0 Å². The maximum absolute atomic E-state index is 5.64. The van der Waals surface area contributed by atoms with Crippen LogP contribution in [0.3, 0.4) is 0 Å². The molecular weight excluding hydrogens is 166 g/mol. The van der Waals surface area contributed by atoms with Crippen LogP contribution >= 0.6 is 12.4 Å². The molecule has 5 heteroatoms. The van der Waals surface area contributed by atoms with Crippen LogP contribution in [0.4, 0.5) is 0 Å². The Hall–Kier alpha value is -0.870. The van der Waals surface area contributed by atoms with E-state index in [1.807, 2.05) is 0 Å². The van der Waals surface area contributed by atoms with Gasteiger partial charge >= 0.3 is 0 Å². The fraction of sp³-hybridized carbons (Fsp3) is 0.333. The SMILES string of the molecule is Cl.NC1=COC=C2NNCC12. The monoisotopic (exact) mass is 175 g/mol. The predicted octanol–water partition coefficient (Wildman–Crippen LogP) is -0.196. The molecule has 0 aromatic heterocycles. The Kier molecular flexibility index (Phi) is 2.26. The molecule has 0 bridgehead atoms. The second kappa shape index (κ2) is 3.02. The van der Waals surface area contributed by atoms with Crippen molar-refractivity contribution in [2.75, 3.05) is 6.54 Å². The molecule has 4 nitrogen and oxygen atoms in total. The van der Waals surface area contributed by atoms with Gasteiger partial charge in [-0.1, -0.05) is 0 Å². The molecule has 0 aliphatic carbocycles. The molecule has 0 saturated carbocycles. The summed E-state index contributed by atoms with van der Waals surface area (Å²) >= 11 is 0. The van der Waals surface area contributed by atoms with Crippen LogP contribution in [0.5, 0.6) is 0 Å². The van der Waals surface area contributed by atoms with Crippen LogP contribution in [-0.4, -0.2) is 6.54 Å². The van der Waals surface area contributed by atoms with E-state index in [1.165, 1.54) is 0 Å². The number of rotatable bonds is 0. The van der Waals surface area contributed by atoms with Crippen LogP contribution in [0.25, 0.3) is 0 Å². The van der Waals surface area contributed by atoms with Crippen LogP contribution in [-0.2, 0) is 4.74 Å². The third kappa shape index (κ3) is 1.27. The van der Waals surface area contributed by atoms with Crippen molar-refractivity contribution in [3.8, 4) is 0 Å². The van der Waals surface area contributed by atoms with Crippen LogP contribution in [0.2, 0.25) is 0 Å². The van der Waals surface area contributed by atoms with E-state index in [-0.39, 0.29) is 18.3 Å². The fourth-order valence-corrected chi connectivity index (χ4v) is 1.13. The first kappa shape index (κ1) is 8.23. The van der Waals surface area contributed by atoms with Gasteiger partial charge in [0.1, 0.15) is 12.5 Å². The van der Waals surface area contributed by atoms with E-state index < -0.39 is 0 Å². The third-order valence-electron chi connectivity index (χ3n) is 1.72. The fourth-order valence-electron chi connectivity index (χ4n) is 1.13. The minimum Gasteiger partial charge on any atom is -0.469 e. The molecule has 2 rings (SSSR count). The number of nitrogens with one attached hydrogen (secondary N) is 2. The molecule has 0 spiro atoms. The largest absolute Gasteiger partial charge is 0.469 e. The van der Waals surface area contributed by atoms with Gasteiger partial charge in [-0.15, -0.1) is 12.4 Å². The molecule has 1 saturated heterocycles. The molecule has 1 fully saturated rings. The maximum atomic E-state index is 5.64. The molecule has 0 aromatic carbocycles. The van der Waals surface area contributed by atoms with Crippen LogP contribution in [0, 0.1) is 5.92 Å². The topological polar surface area (TPSA) is 59.3 Å². The highest BCUT2D eigenvalue weighted by Crippen LogP contribution is 2.20. The third-order valence-corrected chi connectivity index (χ3v) is 1.72. The summed E-state index contributed by atoms with van der Waals surface area (Å²) in [5, 5.41) is 0. The summed E-state index contributed by atoms with van der Waals surface area (Å²) in [6, 6.07) is 0. The first-order chi connectivity index (χ1) is 4.88. The Bertz CT molecular complexity index is 214. The smallest absolute Gasteiger partial charge is 0.111 e. The highest BCUT2D eigenvalue weighted by atomic mass is 35.5. The molecule has 0 aromatic rings. The molecular formula is C6H10ClN3O. The second-order valence-electron chi connectivity index (χ2n) is 2.39. The zero-order valence-electron chi connectivity index (χ0n) is 5.83. The molecule has 4 N–H and O–H groups in total. The molecule has 11 heavy (non-hydrogen) atoms. The average Bonchev–Trinajstić information content (AvgIpc) is 2.36. The highest BCUT2D eigenvalue weighted by molar-refractivity contribution is 5.85. The Morgan fingerprint density at radius 2 is 2.36 bits per heavy atom. The zero-order chi connectivity index (χ0) is 6.97. The number of hydrogen-bond acceptors (Lipinski definition) is 4. The molecule has 62 valence electrons. The predicted molar refractivity (Wildman–Crippen MR) is 43.3 cm³/mol. The Balaban J connectivity index is 0.000000605. The van der Waals surface area contributed by atoms with E-state index in [0.717, 1.165) is 17.9 Å². The summed E-state index contributed by atoms with van der Waals surface area (Å²) in [5.74, 6) is 0.286. The average molecular weight is 176 g/mol. The number of nitrogens with two attached hydrogens (primary N) is 1. The lowest BCUT2D eigenvalue weighted by Gasteiger charge is -2.13. The van der Waals surface area contributed by atoms with Gasteiger partial charge in [0.25, 0.3) is 0 Å². The van der Waals surface area contributed by atoms with Gasteiger partial charge in [-0.25, -0.2) is 5.43 Å². The molecule has 2 aliphatic heterocycles. The zero-order valence-corrected chi connectivity index (χ0v) is 6.65. The summed E-state index contributed by atoms with van der Waals surface area (Å²) in [4.78, 5) is 0. The van der Waals surface area contributed by atoms with E-state index in [2.05, 4.69) is 10.9 Å². The highest BCUT2D eigenvalue weighted by Gasteiger charge is 2.25. The van der Waals surface area contributed by atoms with Gasteiger partial charge in [-0.3, -0.25) is 0 Å². The van der Waals surface area contributed by atoms with Crippen molar-refractivity contribution in [3.63, 3.8) is 0 Å². The first-order valence-corrected chi connectivity index (χ1v) is 3.18. The van der Waals surface area contributed by atoms with E-state index in [0.29, 0.717) is 0 Å². The van der Waals surface area contributed by atoms with Crippen molar-refractivity contribution in [2.45, 2.75) is 0 Å². The quantitative estimate of drug-likeness (QED) is 0.478. The number of halogens is 1. The van der Waals surface area contributed by atoms with Gasteiger partial charge < -0.3 is 15.9 Å². The molecule has 2 heterocycles. The van der Waals surface area contributed by atoms with Gasteiger partial charge in [-0.2, -0.15) is 0 Å². The van der Waals surface area contributed by atoms with Crippen molar-refractivity contribution in [3.05, 3.63) is 23.9 Å². The van der Waals surface area contributed by atoms with Crippen LogP contribution in [0.15, 0.2) is 23.9 Å². The normalized spacial score (nSPS) is 26.7. The Morgan fingerprint density at radius 3 is 3.09 bits per heavy atom. The van der Waals surface area contributed by atoms with Gasteiger partial charge in [0, 0.05) is 6.54 Å². The molecule has 1 unspecified atom stereocenters. The van der Waals surface area contributed by atoms with Crippen molar-refractivity contribution < 1.29 is 4.74 Å². The minimum atomic E-state index is 0. The standard InChI is InChI=1S/C6H9N3O.ClH/c7-5-2-10-3-6-4(5)1-8-9-6;/h2-4,8-9H,1,7H2;1H. The van der Waals surface area contributed by atoms with Crippen LogP contribution < -0.4 is 16.6 Å². The summed E-state index contributed by atoms with van der Waals surface area (Å²) in [5.41, 5.74) is 13.4. The van der Waals surface area contributed by atoms with Gasteiger partial charge in [0.15, 0.2) is 0 Å². The van der Waals surface area contributed by atoms with Crippen molar-refractivity contribution in [2.24, 2.45) is 11.7 Å². The Labute approximate surface area is 70.8 Å². The van der Waals surface area contributed by atoms with E-state index in [1.54, 1.807) is 12.5 Å². The summed E-state index contributed by atoms with van der Waals surface area (Å²) in [7, 11) is 0. The number of hydrogen-bond donors (Lipinski definition) is 3. The summed E-state index contributed by atoms with van der Waals surface area (Å²) < 4.78 is 4.94. The van der Waals surface area contributed by atoms with E-state index >= 15 is 0 Å². The lowest BCUT2D eigenvalue weighted by molar-refractivity contribution is 0.368. The van der Waals surface area contributed by atoms with E-state index in [4.69, 9.17) is 10.5 Å². The van der Waals surface area contributed by atoms with Crippen molar-refractivity contribution in [1.82, 2.24) is 10.9 Å². The maximum Gasteiger partial charge on any atom is 0.111 e. The van der Waals surface area contributed by atoms with Gasteiger partial charge in [-0.05, 0) is 0 Å². The molecule has 0 amide bonds. The van der Waals surface area contributed by atoms with Crippen molar-refractivity contribution in [1.29, 1.82) is 0 Å². The summed E-state index contributed by atoms with van der Waals surface area (Å²) in [6.07, 6.45) is 3.24. The number of ether oxygens (including phenoxy) is 1. The molecule has 1 atom stereocenters. The van der Waals surface area contributed by atoms with Crippen molar-refractivity contribution >= 4 is 12.4 Å². The lowest BCUT2D eigenvalue weighted by atomic mass is 10.0. The lowest BCUT2D eigenvalue weighted by Crippen LogP contribution is -2.20. The Morgan fingerprint density at radius 1 is 1.55 bits per heavy atom. The van der Waals surface area contributed by atoms with Gasteiger partial charge in [0.2, 0.25) is 0 Å². The molecule has 0 radical (unpaired) electrons. The molecule has 2 aliphatic rings. The minimum absolute atomic E-state index is 0. The number of fused-ring (bicyclic) bond motifs is 1. The summed E-state index contributed by atoms with van der Waals surface area (Å²) in [6.45, 7) is 0.845. The van der Waals surface area contributed by atoms with Gasteiger partial charge in [0.05, 0.1) is 17.3 Å². The first-order valence-electron chi connectivity index (χ1n) is 3.18.